The molecule has 1 aliphatic heterocycles. The molecule has 1 saturated heterocycles. The zero-order chi connectivity index (χ0) is 15.4. The number of H-pyrrole nitrogens is 1. The van der Waals surface area contributed by atoms with Gasteiger partial charge in [-0.25, -0.2) is 0 Å². The van der Waals surface area contributed by atoms with Gasteiger partial charge in [-0.15, -0.1) is 0 Å². The first-order valence-corrected chi connectivity index (χ1v) is 7.76. The summed E-state index contributed by atoms with van der Waals surface area (Å²) in [5.74, 6) is 0.0225. The zero-order valence-corrected chi connectivity index (χ0v) is 13.5. The molecule has 2 heterocycles. The van der Waals surface area contributed by atoms with Crippen LogP contribution in [-0.2, 0) is 4.79 Å². The van der Waals surface area contributed by atoms with Crippen molar-refractivity contribution in [2.75, 3.05) is 25.0 Å². The van der Waals surface area contributed by atoms with Crippen molar-refractivity contribution >= 4 is 11.6 Å². The van der Waals surface area contributed by atoms with E-state index in [1.165, 1.54) is 12.8 Å². The molecule has 0 spiro atoms. The summed E-state index contributed by atoms with van der Waals surface area (Å²) >= 11 is 0. The normalized spacial score (nSPS) is 18.7. The second-order valence-corrected chi connectivity index (χ2v) is 6.17. The van der Waals surface area contributed by atoms with E-state index in [0.717, 1.165) is 30.2 Å². The fraction of sp³-hybridized carbons (Fsp3) is 0.733. The molecule has 0 aliphatic carbocycles. The molecule has 118 valence electrons. The number of nitrogens with one attached hydrogen (secondary N) is 3. The van der Waals surface area contributed by atoms with Crippen LogP contribution in [0.5, 0.6) is 0 Å². The summed E-state index contributed by atoms with van der Waals surface area (Å²) < 4.78 is 0. The van der Waals surface area contributed by atoms with Gasteiger partial charge in [0, 0.05) is 18.6 Å². The molecule has 3 N–H and O–H groups in total. The molecule has 0 saturated carbocycles. The highest BCUT2D eigenvalue weighted by Gasteiger charge is 2.22. The minimum absolute atomic E-state index is 0.0225. The standard InChI is InChI=1S/C15H27N5O/c1-10(2)20(8-13-6-5-7-16-13)9-14(21)17-15-11(3)18-19-12(15)4/h10,13,16H,5-9H2,1-4H3,(H,17,21)(H,18,19). The van der Waals surface area contributed by atoms with Gasteiger partial charge in [-0.1, -0.05) is 0 Å². The third-order valence-electron chi connectivity index (χ3n) is 4.09. The van der Waals surface area contributed by atoms with Crippen molar-refractivity contribution in [2.24, 2.45) is 0 Å². The number of hydrogen-bond acceptors (Lipinski definition) is 4. The maximum atomic E-state index is 12.3. The molecule has 0 radical (unpaired) electrons. The first kappa shape index (κ1) is 16.0. The summed E-state index contributed by atoms with van der Waals surface area (Å²) in [5, 5.41) is 13.5. The Morgan fingerprint density at radius 1 is 1.48 bits per heavy atom. The average molecular weight is 293 g/mol. The van der Waals surface area contributed by atoms with Gasteiger partial charge in [0.2, 0.25) is 5.91 Å². The molecule has 21 heavy (non-hydrogen) atoms. The van der Waals surface area contributed by atoms with Crippen LogP contribution in [0, 0.1) is 13.8 Å². The van der Waals surface area contributed by atoms with Crippen molar-refractivity contribution in [3.8, 4) is 0 Å². The Kier molecular flexibility index (Phi) is 5.36. The van der Waals surface area contributed by atoms with Crippen LogP contribution in [0.3, 0.4) is 0 Å². The fourth-order valence-electron chi connectivity index (χ4n) is 2.75. The molecule has 1 unspecified atom stereocenters. The highest BCUT2D eigenvalue weighted by atomic mass is 16.2. The van der Waals surface area contributed by atoms with Crippen LogP contribution in [0.2, 0.25) is 0 Å². The van der Waals surface area contributed by atoms with Gasteiger partial charge in [-0.3, -0.25) is 14.8 Å². The molecule has 1 aromatic heterocycles. The van der Waals surface area contributed by atoms with E-state index in [1.54, 1.807) is 0 Å². The summed E-state index contributed by atoms with van der Waals surface area (Å²) in [6.07, 6.45) is 2.43. The lowest BCUT2D eigenvalue weighted by molar-refractivity contribution is -0.117. The summed E-state index contributed by atoms with van der Waals surface area (Å²) in [5.41, 5.74) is 2.53. The quantitative estimate of drug-likeness (QED) is 0.742. The van der Waals surface area contributed by atoms with E-state index in [0.29, 0.717) is 18.6 Å². The van der Waals surface area contributed by atoms with Crippen LogP contribution in [0.4, 0.5) is 5.69 Å². The van der Waals surface area contributed by atoms with E-state index < -0.39 is 0 Å². The van der Waals surface area contributed by atoms with Crippen molar-refractivity contribution in [3.63, 3.8) is 0 Å². The second kappa shape index (κ2) is 7.04. The number of aryl methyl sites for hydroxylation is 2. The van der Waals surface area contributed by atoms with Crippen molar-refractivity contribution in [1.82, 2.24) is 20.4 Å². The average Bonchev–Trinajstić information content (AvgIpc) is 3.03. The maximum Gasteiger partial charge on any atom is 0.238 e. The minimum Gasteiger partial charge on any atom is -0.322 e. The molecule has 0 bridgehead atoms. The largest absolute Gasteiger partial charge is 0.322 e. The Labute approximate surface area is 126 Å². The molecule has 1 aliphatic rings. The van der Waals surface area contributed by atoms with Gasteiger partial charge in [0.1, 0.15) is 0 Å². The predicted molar refractivity (Wildman–Crippen MR) is 84.4 cm³/mol. The van der Waals surface area contributed by atoms with E-state index in [2.05, 4.69) is 39.6 Å². The predicted octanol–water partition coefficient (Wildman–Crippen LogP) is 1.43. The number of amides is 1. The Bertz CT molecular complexity index is 457. The number of aromatic amines is 1. The summed E-state index contributed by atoms with van der Waals surface area (Å²) in [6, 6.07) is 0.863. The van der Waals surface area contributed by atoms with Crippen LogP contribution in [0.25, 0.3) is 0 Å². The molecule has 1 atom stereocenters. The number of carbonyl (C=O) groups is 1. The van der Waals surface area contributed by atoms with Gasteiger partial charge in [-0.2, -0.15) is 5.10 Å². The Balaban J connectivity index is 1.91. The molecule has 6 heteroatoms. The monoisotopic (exact) mass is 293 g/mol. The van der Waals surface area contributed by atoms with Crippen molar-refractivity contribution in [3.05, 3.63) is 11.4 Å². The molecule has 2 rings (SSSR count). The van der Waals surface area contributed by atoms with E-state index in [4.69, 9.17) is 0 Å². The highest BCUT2D eigenvalue weighted by molar-refractivity contribution is 5.93. The fourth-order valence-corrected chi connectivity index (χ4v) is 2.75. The number of nitrogens with zero attached hydrogens (tertiary/aromatic N) is 2. The Morgan fingerprint density at radius 3 is 2.76 bits per heavy atom. The van der Waals surface area contributed by atoms with Crippen molar-refractivity contribution < 1.29 is 4.79 Å². The van der Waals surface area contributed by atoms with Crippen LogP contribution >= 0.6 is 0 Å². The van der Waals surface area contributed by atoms with Crippen molar-refractivity contribution in [1.29, 1.82) is 0 Å². The number of hydrogen-bond donors (Lipinski definition) is 3. The summed E-state index contributed by atoms with van der Waals surface area (Å²) in [7, 11) is 0. The van der Waals surface area contributed by atoms with Gasteiger partial charge >= 0.3 is 0 Å². The van der Waals surface area contributed by atoms with Gasteiger partial charge in [0.15, 0.2) is 0 Å². The molecule has 0 aromatic carbocycles. The van der Waals surface area contributed by atoms with Gasteiger partial charge < -0.3 is 10.6 Å². The second-order valence-electron chi connectivity index (χ2n) is 6.17. The molecule has 1 fully saturated rings. The molecule has 1 aromatic rings. The lowest BCUT2D eigenvalue weighted by atomic mass is 10.2. The van der Waals surface area contributed by atoms with E-state index in [9.17, 15) is 4.79 Å². The Morgan fingerprint density at radius 2 is 2.24 bits per heavy atom. The molecular weight excluding hydrogens is 266 g/mol. The van der Waals surface area contributed by atoms with Crippen LogP contribution in [-0.4, -0.2) is 52.7 Å². The van der Waals surface area contributed by atoms with Crippen molar-refractivity contribution in [2.45, 2.75) is 52.6 Å². The number of rotatable bonds is 6. The number of aromatic nitrogens is 2. The third-order valence-corrected chi connectivity index (χ3v) is 4.09. The van der Waals surface area contributed by atoms with Crippen LogP contribution in [0.1, 0.15) is 38.1 Å². The minimum atomic E-state index is 0.0225. The zero-order valence-electron chi connectivity index (χ0n) is 13.5. The first-order valence-electron chi connectivity index (χ1n) is 7.76. The maximum absolute atomic E-state index is 12.3. The summed E-state index contributed by atoms with van der Waals surface area (Å²) in [6.45, 7) is 10.5. The van der Waals surface area contributed by atoms with Crippen LogP contribution < -0.4 is 10.6 Å². The topological polar surface area (TPSA) is 73.0 Å². The Hall–Kier alpha value is -1.40. The number of carbonyl (C=O) groups excluding carboxylic acids is 1. The number of anilines is 1. The molecule has 1 amide bonds. The lowest BCUT2D eigenvalue weighted by Gasteiger charge is -2.28. The SMILES string of the molecule is Cc1n[nH]c(C)c1NC(=O)CN(CC1CCCN1)C(C)C. The van der Waals surface area contributed by atoms with Crippen LogP contribution in [0.15, 0.2) is 0 Å². The summed E-state index contributed by atoms with van der Waals surface area (Å²) in [4.78, 5) is 14.5. The van der Waals surface area contributed by atoms with E-state index in [1.807, 2.05) is 13.8 Å². The molecular formula is C15H27N5O. The first-order chi connectivity index (χ1) is 9.97. The van der Waals surface area contributed by atoms with Gasteiger partial charge in [0.05, 0.1) is 23.6 Å². The third kappa shape index (κ3) is 4.28. The van der Waals surface area contributed by atoms with E-state index in [-0.39, 0.29) is 5.91 Å². The van der Waals surface area contributed by atoms with Gasteiger partial charge in [0.25, 0.3) is 0 Å². The highest BCUT2D eigenvalue weighted by Crippen LogP contribution is 2.16. The smallest absolute Gasteiger partial charge is 0.238 e. The molecule has 6 nitrogen and oxygen atoms in total. The van der Waals surface area contributed by atoms with Gasteiger partial charge in [-0.05, 0) is 47.1 Å². The van der Waals surface area contributed by atoms with E-state index >= 15 is 0 Å². The lowest BCUT2D eigenvalue weighted by Crippen LogP contribution is -2.44.